The summed E-state index contributed by atoms with van der Waals surface area (Å²) in [5.41, 5.74) is 0.0584. The molecule has 0 aromatic rings. The number of nitrogens with zero attached hydrogens (tertiary/aromatic N) is 1. The van der Waals surface area contributed by atoms with Crippen LogP contribution in [0.25, 0.3) is 0 Å². The minimum atomic E-state index is 0.0584. The Hall–Kier alpha value is -0.550. The predicted octanol–water partition coefficient (Wildman–Crippen LogP) is 0.510. The molecule has 0 spiro atoms. The molecule has 3 rings (SSSR count). The molecule has 0 aromatic heterocycles. The van der Waals surface area contributed by atoms with Crippen molar-refractivity contribution in [3.8, 4) is 6.07 Å². The monoisotopic (exact) mass is 122 g/mol. The lowest BCUT2D eigenvalue weighted by Crippen LogP contribution is -2.53. The third-order valence-corrected chi connectivity index (χ3v) is 2.49. The summed E-state index contributed by atoms with van der Waals surface area (Å²) in [4.78, 5) is 0. The Morgan fingerprint density at radius 2 is 2.33 bits per heavy atom. The first-order valence-corrected chi connectivity index (χ1v) is 3.47. The zero-order chi connectivity index (χ0) is 6.32. The normalized spacial score (nSPS) is 47.2. The van der Waals surface area contributed by atoms with Gasteiger partial charge in [0.15, 0.2) is 0 Å². The highest BCUT2D eigenvalue weighted by atomic mass is 14.9. The summed E-state index contributed by atoms with van der Waals surface area (Å²) in [7, 11) is 0. The van der Waals surface area contributed by atoms with Gasteiger partial charge in [0.2, 0.25) is 0 Å². The van der Waals surface area contributed by atoms with Crippen molar-refractivity contribution in [2.24, 2.45) is 11.3 Å². The summed E-state index contributed by atoms with van der Waals surface area (Å²) in [5, 5.41) is 12.0. The van der Waals surface area contributed by atoms with Gasteiger partial charge in [0.1, 0.15) is 0 Å². The van der Waals surface area contributed by atoms with Crippen molar-refractivity contribution in [3.63, 3.8) is 0 Å². The molecule has 48 valence electrons. The van der Waals surface area contributed by atoms with Crippen molar-refractivity contribution in [2.75, 3.05) is 13.1 Å². The predicted molar refractivity (Wildman–Crippen MR) is 33.6 cm³/mol. The van der Waals surface area contributed by atoms with Crippen LogP contribution in [0.3, 0.4) is 0 Å². The average molecular weight is 122 g/mol. The van der Waals surface area contributed by atoms with Crippen LogP contribution in [0, 0.1) is 22.7 Å². The molecule has 1 saturated carbocycles. The molecule has 2 nitrogen and oxygen atoms in total. The molecule has 2 heteroatoms. The van der Waals surface area contributed by atoms with E-state index >= 15 is 0 Å². The van der Waals surface area contributed by atoms with Crippen LogP contribution in [0.5, 0.6) is 0 Å². The van der Waals surface area contributed by atoms with Crippen LogP contribution < -0.4 is 5.32 Å². The first kappa shape index (κ1) is 5.25. The minimum absolute atomic E-state index is 0.0584. The van der Waals surface area contributed by atoms with Gasteiger partial charge >= 0.3 is 0 Å². The fraction of sp³-hybridized carbons (Fsp3) is 0.857. The lowest BCUT2D eigenvalue weighted by molar-refractivity contribution is 0.0683. The van der Waals surface area contributed by atoms with E-state index in [0.717, 1.165) is 31.8 Å². The van der Waals surface area contributed by atoms with E-state index in [4.69, 9.17) is 5.26 Å². The SMILES string of the molecule is N#CC12CNCC(C1)C2. The molecule has 2 heterocycles. The van der Waals surface area contributed by atoms with Crippen molar-refractivity contribution in [1.82, 2.24) is 5.32 Å². The molecular formula is C7H10N2. The molecule has 9 heavy (non-hydrogen) atoms. The highest BCUT2D eigenvalue weighted by molar-refractivity contribution is 5.12. The van der Waals surface area contributed by atoms with Crippen molar-refractivity contribution >= 4 is 0 Å². The standard InChI is InChI=1S/C7H10N2/c8-4-7-1-6(2-7)3-9-5-7/h6,9H,1-3,5H2. The number of hydrogen-bond donors (Lipinski definition) is 1. The van der Waals surface area contributed by atoms with E-state index in [2.05, 4.69) is 11.4 Å². The number of nitriles is 1. The number of rotatable bonds is 0. The van der Waals surface area contributed by atoms with Gasteiger partial charge < -0.3 is 5.32 Å². The van der Waals surface area contributed by atoms with Gasteiger partial charge in [-0.15, -0.1) is 0 Å². The van der Waals surface area contributed by atoms with Gasteiger partial charge in [-0.3, -0.25) is 0 Å². The highest BCUT2D eigenvalue weighted by Crippen LogP contribution is 2.46. The van der Waals surface area contributed by atoms with Gasteiger partial charge in [-0.2, -0.15) is 5.26 Å². The second-order valence-electron chi connectivity index (χ2n) is 3.30. The summed E-state index contributed by atoms with van der Waals surface area (Å²) >= 11 is 0. The van der Waals surface area contributed by atoms with Gasteiger partial charge in [-0.25, -0.2) is 0 Å². The van der Waals surface area contributed by atoms with Gasteiger partial charge in [-0.1, -0.05) is 0 Å². The van der Waals surface area contributed by atoms with Crippen LogP contribution in [0.15, 0.2) is 0 Å². The van der Waals surface area contributed by atoms with Gasteiger partial charge in [0.25, 0.3) is 0 Å². The molecule has 3 fully saturated rings. The molecule has 2 saturated heterocycles. The van der Waals surface area contributed by atoms with E-state index in [0.29, 0.717) is 0 Å². The first-order chi connectivity index (χ1) is 4.35. The van der Waals surface area contributed by atoms with Crippen molar-refractivity contribution in [2.45, 2.75) is 12.8 Å². The largest absolute Gasteiger partial charge is 0.315 e. The molecule has 0 amide bonds. The maximum Gasteiger partial charge on any atom is 0.0704 e. The molecule has 1 aliphatic carbocycles. The minimum Gasteiger partial charge on any atom is -0.315 e. The Balaban J connectivity index is 2.12. The van der Waals surface area contributed by atoms with Crippen molar-refractivity contribution in [3.05, 3.63) is 0 Å². The lowest BCUT2D eigenvalue weighted by Gasteiger charge is -2.47. The lowest BCUT2D eigenvalue weighted by atomic mass is 9.60. The number of nitrogens with one attached hydrogen (secondary N) is 1. The zero-order valence-electron chi connectivity index (χ0n) is 5.35. The fourth-order valence-electron chi connectivity index (χ4n) is 1.98. The summed E-state index contributed by atoms with van der Waals surface area (Å²) in [6.07, 6.45) is 2.30. The number of hydrogen-bond acceptors (Lipinski definition) is 2. The zero-order valence-corrected chi connectivity index (χ0v) is 5.35. The topological polar surface area (TPSA) is 35.8 Å². The Morgan fingerprint density at radius 3 is 2.67 bits per heavy atom. The first-order valence-electron chi connectivity index (χ1n) is 3.47. The summed E-state index contributed by atoms with van der Waals surface area (Å²) in [6.45, 7) is 2.07. The van der Waals surface area contributed by atoms with Crippen LogP contribution in [-0.4, -0.2) is 13.1 Å². The Morgan fingerprint density at radius 1 is 1.56 bits per heavy atom. The van der Waals surface area contributed by atoms with E-state index in [9.17, 15) is 0 Å². The highest BCUT2D eigenvalue weighted by Gasteiger charge is 2.47. The molecule has 2 aliphatic heterocycles. The summed E-state index contributed by atoms with van der Waals surface area (Å²) in [5.74, 6) is 0.818. The van der Waals surface area contributed by atoms with Gasteiger partial charge in [0.05, 0.1) is 11.5 Å². The summed E-state index contributed by atoms with van der Waals surface area (Å²) < 4.78 is 0. The Bertz CT molecular complexity index is 157. The van der Waals surface area contributed by atoms with Crippen LogP contribution in [0.4, 0.5) is 0 Å². The average Bonchev–Trinajstić information content (AvgIpc) is 1.88. The molecule has 2 bridgehead atoms. The van der Waals surface area contributed by atoms with Crippen LogP contribution in [-0.2, 0) is 0 Å². The van der Waals surface area contributed by atoms with E-state index in [1.165, 1.54) is 0 Å². The van der Waals surface area contributed by atoms with Crippen molar-refractivity contribution in [1.29, 1.82) is 5.26 Å². The molecule has 0 atom stereocenters. The third kappa shape index (κ3) is 0.585. The third-order valence-electron chi connectivity index (χ3n) is 2.49. The second-order valence-corrected chi connectivity index (χ2v) is 3.30. The van der Waals surface area contributed by atoms with E-state index < -0.39 is 0 Å². The quantitative estimate of drug-likeness (QED) is 0.508. The van der Waals surface area contributed by atoms with Crippen LogP contribution in [0.1, 0.15) is 12.8 Å². The summed E-state index contributed by atoms with van der Waals surface area (Å²) in [6, 6.07) is 2.38. The number of fused-ring (bicyclic) bond motifs is 2. The molecule has 0 radical (unpaired) electrons. The van der Waals surface area contributed by atoms with E-state index in [1.54, 1.807) is 0 Å². The second kappa shape index (κ2) is 1.48. The van der Waals surface area contributed by atoms with Gasteiger partial charge in [0, 0.05) is 6.54 Å². The maximum atomic E-state index is 8.70. The van der Waals surface area contributed by atoms with Crippen LogP contribution in [0.2, 0.25) is 0 Å². The van der Waals surface area contributed by atoms with Gasteiger partial charge in [-0.05, 0) is 25.3 Å². The maximum absolute atomic E-state index is 8.70. The Kier molecular flexibility index (Phi) is 0.866. The molecule has 3 aliphatic rings. The van der Waals surface area contributed by atoms with E-state index in [1.807, 2.05) is 0 Å². The Labute approximate surface area is 54.9 Å². The molecule has 0 aromatic carbocycles. The smallest absolute Gasteiger partial charge is 0.0704 e. The van der Waals surface area contributed by atoms with Crippen LogP contribution >= 0.6 is 0 Å². The van der Waals surface area contributed by atoms with E-state index in [-0.39, 0.29) is 5.41 Å². The number of piperidine rings is 2. The van der Waals surface area contributed by atoms with Crippen molar-refractivity contribution < 1.29 is 0 Å². The molecule has 1 N–H and O–H groups in total. The fourth-order valence-corrected chi connectivity index (χ4v) is 1.98. The molecular weight excluding hydrogens is 112 g/mol. The molecule has 0 unspecified atom stereocenters.